The van der Waals surface area contributed by atoms with Crippen molar-refractivity contribution in [2.24, 2.45) is 5.92 Å². The van der Waals surface area contributed by atoms with E-state index in [4.69, 9.17) is 0 Å². The lowest BCUT2D eigenvalue weighted by Crippen LogP contribution is -2.24. The van der Waals surface area contributed by atoms with Crippen LogP contribution in [0.15, 0.2) is 18.2 Å². The van der Waals surface area contributed by atoms with E-state index in [1.807, 2.05) is 0 Å². The Morgan fingerprint density at radius 3 is 2.81 bits per heavy atom. The molecule has 1 aliphatic rings. The molecule has 1 amide bonds. The molecule has 1 aliphatic heterocycles. The van der Waals surface area contributed by atoms with Gasteiger partial charge in [0.05, 0.1) is 5.92 Å². The monoisotopic (exact) mass is 226 g/mol. The van der Waals surface area contributed by atoms with Gasteiger partial charge in [0.1, 0.15) is 0 Å². The third kappa shape index (κ3) is 2.36. The predicted molar refractivity (Wildman–Crippen MR) is 56.0 cm³/mol. The van der Waals surface area contributed by atoms with Crippen LogP contribution in [0.2, 0.25) is 0 Å². The van der Waals surface area contributed by atoms with Crippen molar-refractivity contribution in [2.45, 2.75) is 6.42 Å². The van der Waals surface area contributed by atoms with Gasteiger partial charge in [-0.15, -0.1) is 0 Å². The van der Waals surface area contributed by atoms with Crippen molar-refractivity contribution in [1.82, 2.24) is 5.32 Å². The number of hydrogen-bond acceptors (Lipinski definition) is 2. The number of anilines is 1. The van der Waals surface area contributed by atoms with Crippen LogP contribution in [-0.4, -0.2) is 19.0 Å². The molecule has 0 aromatic heterocycles. The second-order valence-electron chi connectivity index (χ2n) is 3.81. The average molecular weight is 226 g/mol. The lowest BCUT2D eigenvalue weighted by atomic mass is 10.1. The Balaban J connectivity index is 2.02. The SMILES string of the molecule is O=C(Nc1ccc(F)c(F)c1)[C@H]1CCNC1. The largest absolute Gasteiger partial charge is 0.326 e. The molecule has 86 valence electrons. The number of carbonyl (C=O) groups is 1. The van der Waals surface area contributed by atoms with Crippen LogP contribution < -0.4 is 10.6 Å². The van der Waals surface area contributed by atoms with Gasteiger partial charge in [0.15, 0.2) is 11.6 Å². The minimum absolute atomic E-state index is 0.0897. The first-order chi connectivity index (χ1) is 7.66. The molecule has 0 bridgehead atoms. The summed E-state index contributed by atoms with van der Waals surface area (Å²) < 4.78 is 25.5. The molecular weight excluding hydrogens is 214 g/mol. The minimum atomic E-state index is -0.956. The average Bonchev–Trinajstić information content (AvgIpc) is 2.77. The maximum Gasteiger partial charge on any atom is 0.228 e. The van der Waals surface area contributed by atoms with E-state index < -0.39 is 11.6 Å². The number of amides is 1. The summed E-state index contributed by atoms with van der Waals surface area (Å²) in [5.41, 5.74) is 0.288. The van der Waals surface area contributed by atoms with Gasteiger partial charge < -0.3 is 10.6 Å². The van der Waals surface area contributed by atoms with Crippen molar-refractivity contribution >= 4 is 11.6 Å². The topological polar surface area (TPSA) is 41.1 Å². The van der Waals surface area contributed by atoms with E-state index in [0.29, 0.717) is 6.54 Å². The summed E-state index contributed by atoms with van der Waals surface area (Å²) in [4.78, 5) is 11.6. The van der Waals surface area contributed by atoms with Gasteiger partial charge in [-0.2, -0.15) is 0 Å². The van der Waals surface area contributed by atoms with Gasteiger partial charge in [0.25, 0.3) is 0 Å². The van der Waals surface area contributed by atoms with Crippen LogP contribution >= 0.6 is 0 Å². The summed E-state index contributed by atoms with van der Waals surface area (Å²) in [7, 11) is 0. The van der Waals surface area contributed by atoms with Gasteiger partial charge in [-0.3, -0.25) is 4.79 Å². The number of carbonyl (C=O) groups excluding carboxylic acids is 1. The van der Waals surface area contributed by atoms with Crippen LogP contribution in [0.3, 0.4) is 0 Å². The van der Waals surface area contributed by atoms with Crippen molar-refractivity contribution in [3.63, 3.8) is 0 Å². The summed E-state index contributed by atoms with van der Waals surface area (Å²) >= 11 is 0. The molecule has 0 aliphatic carbocycles. The fourth-order valence-corrected chi connectivity index (χ4v) is 1.70. The van der Waals surface area contributed by atoms with Crippen molar-refractivity contribution < 1.29 is 13.6 Å². The molecule has 16 heavy (non-hydrogen) atoms. The Bertz CT molecular complexity index is 403. The third-order valence-corrected chi connectivity index (χ3v) is 2.62. The van der Waals surface area contributed by atoms with E-state index in [-0.39, 0.29) is 17.5 Å². The Kier molecular flexibility index (Phi) is 3.14. The van der Waals surface area contributed by atoms with Crippen molar-refractivity contribution in [1.29, 1.82) is 0 Å². The van der Waals surface area contributed by atoms with E-state index in [2.05, 4.69) is 10.6 Å². The van der Waals surface area contributed by atoms with Gasteiger partial charge in [-0.25, -0.2) is 8.78 Å². The van der Waals surface area contributed by atoms with Gasteiger partial charge in [-0.1, -0.05) is 0 Å². The maximum atomic E-state index is 12.9. The summed E-state index contributed by atoms with van der Waals surface area (Å²) in [6.07, 6.45) is 0.773. The number of rotatable bonds is 2. The molecule has 0 radical (unpaired) electrons. The molecule has 1 atom stereocenters. The summed E-state index contributed by atoms with van der Waals surface area (Å²) in [6.45, 7) is 1.45. The van der Waals surface area contributed by atoms with E-state index in [9.17, 15) is 13.6 Å². The molecule has 2 N–H and O–H groups in total. The van der Waals surface area contributed by atoms with Crippen LogP contribution in [0.25, 0.3) is 0 Å². The highest BCUT2D eigenvalue weighted by atomic mass is 19.2. The first-order valence-electron chi connectivity index (χ1n) is 5.13. The molecule has 0 unspecified atom stereocenters. The summed E-state index contributed by atoms with van der Waals surface area (Å²) in [5, 5.41) is 5.63. The molecule has 1 saturated heterocycles. The lowest BCUT2D eigenvalue weighted by molar-refractivity contribution is -0.119. The molecule has 1 fully saturated rings. The predicted octanol–water partition coefficient (Wildman–Crippen LogP) is 1.51. The van der Waals surface area contributed by atoms with Crippen LogP contribution in [0.1, 0.15) is 6.42 Å². The van der Waals surface area contributed by atoms with Crippen LogP contribution in [0.5, 0.6) is 0 Å². The molecule has 3 nitrogen and oxygen atoms in total. The Labute approximate surface area is 91.8 Å². The standard InChI is InChI=1S/C11H12F2N2O/c12-9-2-1-8(5-10(9)13)15-11(16)7-3-4-14-6-7/h1-2,5,7,14H,3-4,6H2,(H,15,16)/t7-/m0/s1. The molecule has 1 aromatic rings. The van der Waals surface area contributed by atoms with Crippen LogP contribution in [0.4, 0.5) is 14.5 Å². The Morgan fingerprint density at radius 2 is 2.19 bits per heavy atom. The highest BCUT2D eigenvalue weighted by Gasteiger charge is 2.22. The van der Waals surface area contributed by atoms with Crippen molar-refractivity contribution in [3.05, 3.63) is 29.8 Å². The normalized spacial score (nSPS) is 19.8. The smallest absolute Gasteiger partial charge is 0.228 e. The second-order valence-corrected chi connectivity index (χ2v) is 3.81. The quantitative estimate of drug-likeness (QED) is 0.802. The molecule has 1 heterocycles. The van der Waals surface area contributed by atoms with E-state index in [0.717, 1.165) is 25.1 Å². The lowest BCUT2D eigenvalue weighted by Gasteiger charge is -2.09. The van der Waals surface area contributed by atoms with E-state index in [1.165, 1.54) is 6.07 Å². The first-order valence-corrected chi connectivity index (χ1v) is 5.13. The molecular formula is C11H12F2N2O. The zero-order valence-corrected chi connectivity index (χ0v) is 8.59. The number of benzene rings is 1. The first kappa shape index (κ1) is 11.0. The zero-order valence-electron chi connectivity index (χ0n) is 8.59. The zero-order chi connectivity index (χ0) is 11.5. The third-order valence-electron chi connectivity index (χ3n) is 2.62. The van der Waals surface area contributed by atoms with Gasteiger partial charge >= 0.3 is 0 Å². The number of nitrogens with one attached hydrogen (secondary N) is 2. The highest BCUT2D eigenvalue weighted by Crippen LogP contribution is 2.15. The Hall–Kier alpha value is -1.49. The van der Waals surface area contributed by atoms with E-state index >= 15 is 0 Å². The van der Waals surface area contributed by atoms with Crippen molar-refractivity contribution in [3.8, 4) is 0 Å². The molecule has 0 spiro atoms. The Morgan fingerprint density at radius 1 is 1.38 bits per heavy atom. The number of hydrogen-bond donors (Lipinski definition) is 2. The van der Waals surface area contributed by atoms with Crippen LogP contribution in [-0.2, 0) is 4.79 Å². The van der Waals surface area contributed by atoms with Gasteiger partial charge in [-0.05, 0) is 25.1 Å². The number of halogens is 2. The molecule has 5 heteroatoms. The fraction of sp³-hybridized carbons (Fsp3) is 0.364. The molecule has 1 aromatic carbocycles. The van der Waals surface area contributed by atoms with Gasteiger partial charge in [0.2, 0.25) is 5.91 Å². The maximum absolute atomic E-state index is 12.9. The summed E-state index contributed by atoms with van der Waals surface area (Å²) in [5.74, 6) is -2.12. The summed E-state index contributed by atoms with van der Waals surface area (Å²) in [6, 6.07) is 3.33. The van der Waals surface area contributed by atoms with Crippen molar-refractivity contribution in [2.75, 3.05) is 18.4 Å². The highest BCUT2D eigenvalue weighted by molar-refractivity contribution is 5.92. The second kappa shape index (κ2) is 4.57. The molecule has 0 saturated carbocycles. The van der Waals surface area contributed by atoms with E-state index in [1.54, 1.807) is 0 Å². The fourth-order valence-electron chi connectivity index (χ4n) is 1.70. The van der Waals surface area contributed by atoms with Crippen LogP contribution in [0, 0.1) is 17.6 Å². The minimum Gasteiger partial charge on any atom is -0.326 e. The molecule has 2 rings (SSSR count). The van der Waals surface area contributed by atoms with Gasteiger partial charge in [0, 0.05) is 18.3 Å².